The molecule has 4 amide bonds. The molecule has 1 N–H and O–H groups in total. The van der Waals surface area contributed by atoms with Crippen LogP contribution in [0.15, 0.2) is 72.4 Å². The second kappa shape index (κ2) is 8.81. The standard InChI is InChI=1S/C24H21N3O5/c1-3-32-20-12-6-16(7-13-20)26-14-4-5-18(26)15-21-22(28)25-24(30)27(23(21)29)17-8-10-19(31-2)11-9-17/h4-15H,3H2,1-2H3,(H,25,28,30). The number of methoxy groups -OCH3 is 1. The van der Waals surface area contributed by atoms with Crippen molar-refractivity contribution in [3.63, 3.8) is 0 Å². The third kappa shape index (κ3) is 3.98. The minimum Gasteiger partial charge on any atom is -0.497 e. The van der Waals surface area contributed by atoms with Gasteiger partial charge in [-0.15, -0.1) is 0 Å². The van der Waals surface area contributed by atoms with E-state index in [2.05, 4.69) is 5.32 Å². The molecule has 1 aromatic heterocycles. The number of rotatable bonds is 6. The van der Waals surface area contributed by atoms with Crippen LogP contribution in [0.3, 0.4) is 0 Å². The van der Waals surface area contributed by atoms with Crippen LogP contribution in [-0.4, -0.2) is 36.1 Å². The first kappa shape index (κ1) is 20.9. The molecule has 0 radical (unpaired) electrons. The lowest BCUT2D eigenvalue weighted by molar-refractivity contribution is -0.122. The van der Waals surface area contributed by atoms with Crippen molar-refractivity contribution in [2.45, 2.75) is 6.92 Å². The molecule has 0 unspecified atom stereocenters. The van der Waals surface area contributed by atoms with Crippen LogP contribution in [0.2, 0.25) is 0 Å². The molecule has 1 saturated heterocycles. The van der Waals surface area contributed by atoms with Gasteiger partial charge in [0.25, 0.3) is 11.8 Å². The second-order valence-electron chi connectivity index (χ2n) is 6.89. The Hall–Kier alpha value is -4.33. The van der Waals surface area contributed by atoms with Crippen molar-refractivity contribution in [3.05, 3.63) is 78.1 Å². The van der Waals surface area contributed by atoms with Gasteiger partial charge in [-0.1, -0.05) is 0 Å². The fraction of sp³-hybridized carbons (Fsp3) is 0.125. The number of anilines is 1. The zero-order valence-corrected chi connectivity index (χ0v) is 17.6. The average Bonchev–Trinajstić information content (AvgIpc) is 3.26. The highest BCUT2D eigenvalue weighted by molar-refractivity contribution is 6.39. The van der Waals surface area contributed by atoms with Crippen molar-refractivity contribution in [2.75, 3.05) is 18.6 Å². The number of aromatic nitrogens is 1. The molecule has 1 aliphatic heterocycles. The number of nitrogens with zero attached hydrogens (tertiary/aromatic N) is 2. The SMILES string of the molecule is CCOc1ccc(-n2cccc2C=C2C(=O)NC(=O)N(c3ccc(OC)cc3)C2=O)cc1. The van der Waals surface area contributed by atoms with Gasteiger partial charge < -0.3 is 14.0 Å². The Bertz CT molecular complexity index is 1190. The molecule has 32 heavy (non-hydrogen) atoms. The molecule has 1 fully saturated rings. The summed E-state index contributed by atoms with van der Waals surface area (Å²) in [5.41, 5.74) is 1.62. The third-order valence-corrected chi connectivity index (χ3v) is 4.93. The molecule has 3 aromatic rings. The van der Waals surface area contributed by atoms with Gasteiger partial charge in [0.2, 0.25) is 0 Å². The summed E-state index contributed by atoms with van der Waals surface area (Å²) >= 11 is 0. The highest BCUT2D eigenvalue weighted by Crippen LogP contribution is 2.25. The Morgan fingerprint density at radius 3 is 2.22 bits per heavy atom. The minimum atomic E-state index is -0.802. The number of nitrogens with one attached hydrogen (secondary N) is 1. The van der Waals surface area contributed by atoms with E-state index in [1.165, 1.54) is 13.2 Å². The van der Waals surface area contributed by atoms with E-state index >= 15 is 0 Å². The lowest BCUT2D eigenvalue weighted by Crippen LogP contribution is -2.54. The van der Waals surface area contributed by atoms with E-state index in [-0.39, 0.29) is 5.57 Å². The first-order chi connectivity index (χ1) is 15.5. The number of urea groups is 1. The minimum absolute atomic E-state index is 0.147. The summed E-state index contributed by atoms with van der Waals surface area (Å²) in [5.74, 6) is -0.120. The molecule has 0 saturated carbocycles. The van der Waals surface area contributed by atoms with Gasteiger partial charge in [-0.05, 0) is 73.7 Å². The van der Waals surface area contributed by atoms with Crippen LogP contribution in [0.25, 0.3) is 11.8 Å². The van der Waals surface area contributed by atoms with Crippen LogP contribution < -0.4 is 19.7 Å². The topological polar surface area (TPSA) is 89.9 Å². The maximum Gasteiger partial charge on any atom is 0.335 e. The number of benzene rings is 2. The molecular formula is C24H21N3O5. The van der Waals surface area contributed by atoms with E-state index in [0.29, 0.717) is 23.7 Å². The Morgan fingerprint density at radius 1 is 0.906 bits per heavy atom. The summed E-state index contributed by atoms with van der Waals surface area (Å²) in [6.45, 7) is 2.48. The van der Waals surface area contributed by atoms with Crippen LogP contribution in [0, 0.1) is 0 Å². The largest absolute Gasteiger partial charge is 0.497 e. The number of carbonyl (C=O) groups excluding carboxylic acids is 3. The molecule has 0 aliphatic carbocycles. The fourth-order valence-corrected chi connectivity index (χ4v) is 3.39. The fourth-order valence-electron chi connectivity index (χ4n) is 3.39. The zero-order valence-electron chi connectivity index (χ0n) is 17.6. The number of hydrogen-bond acceptors (Lipinski definition) is 5. The molecule has 0 atom stereocenters. The molecule has 0 bridgehead atoms. The smallest absolute Gasteiger partial charge is 0.335 e. The number of amides is 4. The first-order valence-corrected chi connectivity index (χ1v) is 9.98. The zero-order chi connectivity index (χ0) is 22.7. The van der Waals surface area contributed by atoms with Gasteiger partial charge in [0.15, 0.2) is 0 Å². The second-order valence-corrected chi connectivity index (χ2v) is 6.89. The molecule has 2 aromatic carbocycles. The average molecular weight is 431 g/mol. The van der Waals surface area contributed by atoms with Crippen molar-refractivity contribution in [1.29, 1.82) is 0 Å². The summed E-state index contributed by atoms with van der Waals surface area (Å²) in [6.07, 6.45) is 3.29. The van der Waals surface area contributed by atoms with E-state index < -0.39 is 17.8 Å². The monoisotopic (exact) mass is 431 g/mol. The molecule has 8 heteroatoms. The molecule has 162 valence electrons. The van der Waals surface area contributed by atoms with Gasteiger partial charge in [0.1, 0.15) is 17.1 Å². The van der Waals surface area contributed by atoms with Crippen molar-refractivity contribution < 1.29 is 23.9 Å². The lowest BCUT2D eigenvalue weighted by Gasteiger charge is -2.26. The molecule has 0 spiro atoms. The van der Waals surface area contributed by atoms with Gasteiger partial charge in [0.05, 0.1) is 19.4 Å². The Labute approximate surface area is 184 Å². The van der Waals surface area contributed by atoms with Gasteiger partial charge >= 0.3 is 6.03 Å². The van der Waals surface area contributed by atoms with Crippen molar-refractivity contribution in [3.8, 4) is 17.2 Å². The summed E-state index contributed by atoms with van der Waals surface area (Å²) in [5, 5.41) is 2.23. The van der Waals surface area contributed by atoms with Gasteiger partial charge in [-0.2, -0.15) is 0 Å². The Balaban J connectivity index is 1.67. The Kier molecular flexibility index (Phi) is 5.76. The highest BCUT2D eigenvalue weighted by atomic mass is 16.5. The molecular weight excluding hydrogens is 410 g/mol. The number of carbonyl (C=O) groups is 3. The molecule has 1 aliphatic rings. The number of barbiturate groups is 1. The normalized spacial score (nSPS) is 15.1. The summed E-state index contributed by atoms with van der Waals surface area (Å²) < 4.78 is 12.4. The van der Waals surface area contributed by atoms with Gasteiger partial charge in [0, 0.05) is 17.6 Å². The quantitative estimate of drug-likeness (QED) is 0.476. The predicted octanol–water partition coefficient (Wildman–Crippen LogP) is 3.55. The van der Waals surface area contributed by atoms with Gasteiger partial charge in [-0.3, -0.25) is 14.9 Å². The van der Waals surface area contributed by atoms with Crippen LogP contribution in [-0.2, 0) is 9.59 Å². The lowest BCUT2D eigenvalue weighted by atomic mass is 10.1. The van der Waals surface area contributed by atoms with E-state index in [0.717, 1.165) is 16.3 Å². The highest BCUT2D eigenvalue weighted by Gasteiger charge is 2.37. The van der Waals surface area contributed by atoms with E-state index in [1.54, 1.807) is 36.4 Å². The molecule has 4 rings (SSSR count). The first-order valence-electron chi connectivity index (χ1n) is 9.98. The van der Waals surface area contributed by atoms with E-state index in [4.69, 9.17) is 9.47 Å². The maximum absolute atomic E-state index is 13.1. The van der Waals surface area contributed by atoms with Gasteiger partial charge in [-0.25, -0.2) is 9.69 Å². The number of hydrogen-bond donors (Lipinski definition) is 1. The van der Waals surface area contributed by atoms with Crippen molar-refractivity contribution in [2.24, 2.45) is 0 Å². The van der Waals surface area contributed by atoms with Crippen LogP contribution >= 0.6 is 0 Å². The maximum atomic E-state index is 13.1. The van der Waals surface area contributed by atoms with Crippen LogP contribution in [0.4, 0.5) is 10.5 Å². The van der Waals surface area contributed by atoms with Crippen molar-refractivity contribution in [1.82, 2.24) is 9.88 Å². The molecule has 2 heterocycles. The number of ether oxygens (including phenoxy) is 2. The Morgan fingerprint density at radius 2 is 1.56 bits per heavy atom. The van der Waals surface area contributed by atoms with E-state index in [1.807, 2.05) is 42.0 Å². The summed E-state index contributed by atoms with van der Waals surface area (Å²) in [7, 11) is 1.52. The summed E-state index contributed by atoms with van der Waals surface area (Å²) in [6, 6.07) is 16.6. The number of imide groups is 2. The molecule has 8 nitrogen and oxygen atoms in total. The van der Waals surface area contributed by atoms with E-state index in [9.17, 15) is 14.4 Å². The third-order valence-electron chi connectivity index (χ3n) is 4.93. The summed E-state index contributed by atoms with van der Waals surface area (Å²) in [4.78, 5) is 38.9. The predicted molar refractivity (Wildman–Crippen MR) is 119 cm³/mol. The van der Waals surface area contributed by atoms with Crippen molar-refractivity contribution >= 4 is 29.6 Å². The van der Waals surface area contributed by atoms with Crippen LogP contribution in [0.1, 0.15) is 12.6 Å². The van der Waals surface area contributed by atoms with Crippen LogP contribution in [0.5, 0.6) is 11.5 Å².